The molecule has 0 aromatic heterocycles. The summed E-state index contributed by atoms with van der Waals surface area (Å²) in [5, 5.41) is 17.1. The molecule has 1 fully saturated rings. The van der Waals surface area contributed by atoms with Crippen molar-refractivity contribution in [2.75, 3.05) is 0 Å². The topological polar surface area (TPSA) is 76.0 Å². The molecule has 1 aliphatic rings. The molecule has 0 aromatic carbocycles. The Kier molecular flexibility index (Phi) is 2.35. The quantitative estimate of drug-likeness (QED) is 0.604. The van der Waals surface area contributed by atoms with Crippen LogP contribution in [0.2, 0.25) is 0 Å². The van der Waals surface area contributed by atoms with Gasteiger partial charge in [0, 0.05) is 0 Å². The molecular formula is C5H5F3O5. The van der Waals surface area contributed by atoms with Crippen LogP contribution in [0.3, 0.4) is 0 Å². The number of aliphatic hydroxyl groups is 2. The van der Waals surface area contributed by atoms with Gasteiger partial charge in [0.2, 0.25) is 0 Å². The minimum Gasteiger partial charge on any atom is -0.390 e. The molecule has 0 radical (unpaired) electrons. The van der Waals surface area contributed by atoms with E-state index in [1.165, 1.54) is 0 Å². The van der Waals surface area contributed by atoms with E-state index in [4.69, 9.17) is 10.2 Å². The number of rotatable bonds is 2. The fourth-order valence-electron chi connectivity index (χ4n) is 0.680. The van der Waals surface area contributed by atoms with Gasteiger partial charge in [0.25, 0.3) is 6.29 Å². The second kappa shape index (κ2) is 3.04. The van der Waals surface area contributed by atoms with Gasteiger partial charge in [-0.2, -0.15) is 13.2 Å². The minimum absolute atomic E-state index is 1.18. The van der Waals surface area contributed by atoms with Crippen molar-refractivity contribution in [1.82, 2.24) is 0 Å². The van der Waals surface area contributed by atoms with Gasteiger partial charge in [-0.3, -0.25) is 0 Å². The molecule has 2 N–H and O–H groups in total. The monoisotopic (exact) mass is 202 g/mol. The van der Waals surface area contributed by atoms with Gasteiger partial charge in [-0.25, -0.2) is 4.79 Å². The molecule has 76 valence electrons. The van der Waals surface area contributed by atoms with Crippen molar-refractivity contribution < 1.29 is 37.7 Å². The van der Waals surface area contributed by atoms with Crippen LogP contribution in [0.1, 0.15) is 0 Å². The summed E-state index contributed by atoms with van der Waals surface area (Å²) >= 11 is 0. The van der Waals surface area contributed by atoms with E-state index in [-0.39, 0.29) is 0 Å². The molecule has 0 saturated carbocycles. The molecular weight excluding hydrogens is 197 g/mol. The fourth-order valence-corrected chi connectivity index (χ4v) is 0.680. The number of ether oxygens (including phenoxy) is 2. The van der Waals surface area contributed by atoms with Gasteiger partial charge in [0.05, 0.1) is 0 Å². The summed E-state index contributed by atoms with van der Waals surface area (Å²) in [5.41, 5.74) is 0. The van der Waals surface area contributed by atoms with E-state index in [2.05, 4.69) is 9.47 Å². The molecule has 13 heavy (non-hydrogen) atoms. The van der Waals surface area contributed by atoms with Crippen molar-refractivity contribution in [3.05, 3.63) is 0 Å². The predicted octanol–water partition coefficient (Wildman–Crippen LogP) is -0.237. The Balaban J connectivity index is 2.48. The van der Waals surface area contributed by atoms with Crippen LogP contribution >= 0.6 is 0 Å². The average molecular weight is 202 g/mol. The van der Waals surface area contributed by atoms with Crippen LogP contribution in [0.4, 0.5) is 18.0 Å². The molecule has 1 rings (SSSR count). The Hall–Kier alpha value is -1.02. The first-order chi connectivity index (χ1) is 5.82. The first kappa shape index (κ1) is 10.1. The number of hydrogen-bond acceptors (Lipinski definition) is 5. The minimum atomic E-state index is -4.98. The molecule has 2 atom stereocenters. The smallest absolute Gasteiger partial charge is 0.390 e. The summed E-state index contributed by atoms with van der Waals surface area (Å²) in [6, 6.07) is 0. The van der Waals surface area contributed by atoms with Gasteiger partial charge in [-0.15, -0.1) is 0 Å². The summed E-state index contributed by atoms with van der Waals surface area (Å²) in [5.74, 6) is 0. The highest BCUT2D eigenvalue weighted by molar-refractivity contribution is 5.64. The molecule has 8 heteroatoms. The van der Waals surface area contributed by atoms with Crippen LogP contribution in [-0.2, 0) is 9.47 Å². The molecule has 5 nitrogen and oxygen atoms in total. The van der Waals surface area contributed by atoms with Crippen molar-refractivity contribution in [1.29, 1.82) is 0 Å². The molecule has 1 saturated heterocycles. The number of carbonyl (C=O) groups is 1. The first-order valence-electron chi connectivity index (χ1n) is 3.12. The zero-order valence-electron chi connectivity index (χ0n) is 5.99. The van der Waals surface area contributed by atoms with Gasteiger partial charge >= 0.3 is 12.3 Å². The lowest BCUT2D eigenvalue weighted by Crippen LogP contribution is -2.53. The predicted molar refractivity (Wildman–Crippen MR) is 29.4 cm³/mol. The number of hydrogen-bond donors (Lipinski definition) is 2. The van der Waals surface area contributed by atoms with Crippen LogP contribution in [0.5, 0.6) is 0 Å². The lowest BCUT2D eigenvalue weighted by Gasteiger charge is -2.32. The summed E-state index contributed by atoms with van der Waals surface area (Å²) in [6.45, 7) is 0. The normalized spacial score (nSPS) is 22.7. The van der Waals surface area contributed by atoms with E-state index in [0.29, 0.717) is 0 Å². The first-order valence-corrected chi connectivity index (χ1v) is 3.12. The van der Waals surface area contributed by atoms with Gasteiger partial charge < -0.3 is 19.7 Å². The Labute approximate surface area is 69.7 Å². The van der Waals surface area contributed by atoms with Crippen LogP contribution in [0.15, 0.2) is 0 Å². The highest BCUT2D eigenvalue weighted by atomic mass is 19.4. The van der Waals surface area contributed by atoms with Crippen molar-refractivity contribution >= 4 is 6.16 Å². The summed E-state index contributed by atoms with van der Waals surface area (Å²) < 4.78 is 43.0. The van der Waals surface area contributed by atoms with Crippen molar-refractivity contribution in [2.45, 2.75) is 24.7 Å². The molecule has 0 bridgehead atoms. The maximum atomic E-state index is 11.7. The Morgan fingerprint density at radius 1 is 1.31 bits per heavy atom. The SMILES string of the molecule is O=C1OC(C(O)C(O)C(F)(F)F)O1. The number of alkyl halides is 3. The average Bonchev–Trinajstić information content (AvgIpc) is 1.94. The van der Waals surface area contributed by atoms with E-state index >= 15 is 0 Å². The van der Waals surface area contributed by atoms with Crippen LogP contribution < -0.4 is 0 Å². The van der Waals surface area contributed by atoms with Crippen molar-refractivity contribution in [3.63, 3.8) is 0 Å². The highest BCUT2D eigenvalue weighted by Gasteiger charge is 2.51. The summed E-state index contributed by atoms with van der Waals surface area (Å²) in [4.78, 5) is 9.97. The third kappa shape index (κ3) is 2.01. The maximum Gasteiger partial charge on any atom is 0.514 e. The third-order valence-electron chi connectivity index (χ3n) is 1.36. The van der Waals surface area contributed by atoms with Crippen LogP contribution in [-0.4, -0.2) is 41.0 Å². The Morgan fingerprint density at radius 3 is 2.08 bits per heavy atom. The Morgan fingerprint density at radius 2 is 1.77 bits per heavy atom. The lowest BCUT2D eigenvalue weighted by atomic mass is 10.2. The molecule has 0 amide bonds. The van der Waals surface area contributed by atoms with E-state index in [1.807, 2.05) is 0 Å². The summed E-state index contributed by atoms with van der Waals surface area (Å²) in [7, 11) is 0. The zero-order chi connectivity index (χ0) is 10.2. The Bertz CT molecular complexity index is 207. The second-order valence-corrected chi connectivity index (χ2v) is 2.33. The second-order valence-electron chi connectivity index (χ2n) is 2.33. The van der Waals surface area contributed by atoms with E-state index < -0.39 is 30.8 Å². The zero-order valence-corrected chi connectivity index (χ0v) is 5.99. The summed E-state index contributed by atoms with van der Waals surface area (Å²) in [6.07, 6.45) is -13.2. The number of aliphatic hydroxyl groups excluding tert-OH is 2. The fraction of sp³-hybridized carbons (Fsp3) is 0.800. The highest BCUT2D eigenvalue weighted by Crippen LogP contribution is 2.27. The lowest BCUT2D eigenvalue weighted by molar-refractivity contribution is -0.291. The van der Waals surface area contributed by atoms with Gasteiger partial charge in [-0.1, -0.05) is 0 Å². The van der Waals surface area contributed by atoms with Gasteiger partial charge in [-0.05, 0) is 0 Å². The van der Waals surface area contributed by atoms with E-state index in [1.54, 1.807) is 0 Å². The van der Waals surface area contributed by atoms with E-state index in [0.717, 1.165) is 0 Å². The molecule has 0 aromatic rings. The van der Waals surface area contributed by atoms with Gasteiger partial charge in [0.1, 0.15) is 0 Å². The largest absolute Gasteiger partial charge is 0.514 e. The molecule has 2 unspecified atom stereocenters. The third-order valence-corrected chi connectivity index (χ3v) is 1.36. The number of cyclic esters (lactones) is 2. The van der Waals surface area contributed by atoms with Crippen LogP contribution in [0.25, 0.3) is 0 Å². The maximum absolute atomic E-state index is 11.7. The van der Waals surface area contributed by atoms with Crippen molar-refractivity contribution in [3.8, 4) is 0 Å². The molecule has 0 aliphatic carbocycles. The van der Waals surface area contributed by atoms with Gasteiger partial charge in [0.15, 0.2) is 12.2 Å². The molecule has 1 heterocycles. The molecule has 1 aliphatic heterocycles. The number of carbonyl (C=O) groups excluding carboxylic acids is 1. The van der Waals surface area contributed by atoms with E-state index in [9.17, 15) is 18.0 Å². The number of halogens is 3. The van der Waals surface area contributed by atoms with Crippen molar-refractivity contribution in [2.24, 2.45) is 0 Å². The standard InChI is InChI=1S/C5H5F3O5/c6-5(7,8)2(10)1(9)3-12-4(11)13-3/h1-3,9-10H. The molecule has 0 spiro atoms. The van der Waals surface area contributed by atoms with Crippen LogP contribution in [0, 0.1) is 0 Å².